The molecule has 0 aliphatic rings. The lowest BCUT2D eigenvalue weighted by Gasteiger charge is -2.16. The van der Waals surface area contributed by atoms with Crippen LogP contribution in [0.5, 0.6) is 0 Å². The number of furan rings is 1. The molecular formula is C12H13NO5S. The van der Waals surface area contributed by atoms with Crippen LogP contribution < -0.4 is 0 Å². The molecule has 0 saturated heterocycles. The average molecular weight is 283 g/mol. The molecule has 0 fully saturated rings. The van der Waals surface area contributed by atoms with Crippen molar-refractivity contribution in [2.24, 2.45) is 0 Å². The van der Waals surface area contributed by atoms with Gasteiger partial charge in [-0.25, -0.2) is 12.7 Å². The number of carboxylic acid groups (broad SMARTS) is 1. The average Bonchev–Trinajstić information content (AvgIpc) is 2.83. The second kappa shape index (κ2) is 5.02. The standard InChI is InChI=1S/C12H13NO5S/c1-13(7-5-11(14)15)19(16,17)10-4-2-3-9-6-8-18-12(9)10/h2-4,6,8H,5,7H2,1H3,(H,14,15). The first-order valence-corrected chi connectivity index (χ1v) is 7.01. The Kier molecular flexibility index (Phi) is 3.59. The van der Waals surface area contributed by atoms with Gasteiger partial charge < -0.3 is 9.52 Å². The number of aliphatic carboxylic acids is 1. The molecule has 1 aromatic carbocycles. The highest BCUT2D eigenvalue weighted by atomic mass is 32.2. The third kappa shape index (κ3) is 2.61. The Bertz CT molecular complexity index is 704. The molecule has 1 aromatic heterocycles. The summed E-state index contributed by atoms with van der Waals surface area (Å²) in [5.74, 6) is -1.04. The smallest absolute Gasteiger partial charge is 0.304 e. The summed E-state index contributed by atoms with van der Waals surface area (Å²) in [5, 5.41) is 9.29. The van der Waals surface area contributed by atoms with Crippen LogP contribution in [-0.4, -0.2) is 37.4 Å². The Morgan fingerprint density at radius 3 is 2.79 bits per heavy atom. The summed E-state index contributed by atoms with van der Waals surface area (Å²) in [5.41, 5.74) is 0.282. The highest BCUT2D eigenvalue weighted by Gasteiger charge is 2.24. The van der Waals surface area contributed by atoms with Crippen molar-refractivity contribution in [3.8, 4) is 0 Å². The summed E-state index contributed by atoms with van der Waals surface area (Å²) in [7, 11) is -2.41. The lowest BCUT2D eigenvalue weighted by molar-refractivity contribution is -0.137. The molecule has 102 valence electrons. The zero-order chi connectivity index (χ0) is 14.0. The second-order valence-electron chi connectivity index (χ2n) is 4.07. The topological polar surface area (TPSA) is 87.8 Å². The Morgan fingerprint density at radius 2 is 2.11 bits per heavy atom. The zero-order valence-corrected chi connectivity index (χ0v) is 11.1. The van der Waals surface area contributed by atoms with E-state index in [0.717, 1.165) is 4.31 Å². The van der Waals surface area contributed by atoms with E-state index in [1.54, 1.807) is 18.2 Å². The van der Waals surface area contributed by atoms with Gasteiger partial charge in [-0.2, -0.15) is 0 Å². The summed E-state index contributed by atoms with van der Waals surface area (Å²) in [6.07, 6.45) is 1.17. The summed E-state index contributed by atoms with van der Waals surface area (Å²) in [6, 6.07) is 6.48. The Labute approximate surface area is 110 Å². The Balaban J connectivity index is 2.38. The SMILES string of the molecule is CN(CCC(=O)O)S(=O)(=O)c1cccc2ccoc12. The molecule has 0 saturated carbocycles. The van der Waals surface area contributed by atoms with E-state index in [0.29, 0.717) is 5.39 Å². The maximum atomic E-state index is 12.3. The molecule has 0 radical (unpaired) electrons. The minimum absolute atomic E-state index is 0.0443. The summed E-state index contributed by atoms with van der Waals surface area (Å²) in [4.78, 5) is 10.5. The lowest BCUT2D eigenvalue weighted by atomic mass is 10.3. The number of rotatable bonds is 5. The van der Waals surface area contributed by atoms with Gasteiger partial charge in [0.1, 0.15) is 4.90 Å². The molecule has 0 atom stereocenters. The number of hydrogen-bond donors (Lipinski definition) is 1. The van der Waals surface area contributed by atoms with Crippen molar-refractivity contribution in [3.63, 3.8) is 0 Å². The van der Waals surface area contributed by atoms with Crippen molar-refractivity contribution in [2.75, 3.05) is 13.6 Å². The molecule has 0 aliphatic carbocycles. The fourth-order valence-electron chi connectivity index (χ4n) is 1.71. The van der Waals surface area contributed by atoms with E-state index in [9.17, 15) is 13.2 Å². The Morgan fingerprint density at radius 1 is 1.37 bits per heavy atom. The number of fused-ring (bicyclic) bond motifs is 1. The fourth-order valence-corrected chi connectivity index (χ4v) is 3.03. The maximum Gasteiger partial charge on any atom is 0.304 e. The van der Waals surface area contributed by atoms with Crippen LogP contribution in [0.1, 0.15) is 6.42 Å². The molecule has 2 aromatic rings. The first-order chi connectivity index (χ1) is 8.93. The van der Waals surface area contributed by atoms with Crippen LogP contribution in [0.25, 0.3) is 11.0 Å². The minimum Gasteiger partial charge on any atom is -0.481 e. The normalized spacial score (nSPS) is 12.1. The number of para-hydroxylation sites is 1. The lowest BCUT2D eigenvalue weighted by Crippen LogP contribution is -2.29. The fraction of sp³-hybridized carbons (Fsp3) is 0.250. The van der Waals surface area contributed by atoms with Gasteiger partial charge in [-0.1, -0.05) is 12.1 Å². The summed E-state index contributed by atoms with van der Waals surface area (Å²) >= 11 is 0. The largest absolute Gasteiger partial charge is 0.481 e. The first-order valence-electron chi connectivity index (χ1n) is 5.57. The summed E-state index contributed by atoms with van der Waals surface area (Å²) < 4.78 is 30.9. The highest BCUT2D eigenvalue weighted by Crippen LogP contribution is 2.25. The van der Waals surface area contributed by atoms with Crippen molar-refractivity contribution in [1.29, 1.82) is 0 Å². The molecule has 0 bridgehead atoms. The zero-order valence-electron chi connectivity index (χ0n) is 10.2. The van der Waals surface area contributed by atoms with Gasteiger partial charge >= 0.3 is 5.97 Å². The van der Waals surface area contributed by atoms with E-state index in [2.05, 4.69) is 0 Å². The molecule has 1 heterocycles. The predicted octanol–water partition coefficient (Wildman–Crippen LogP) is 1.53. The minimum atomic E-state index is -3.75. The van der Waals surface area contributed by atoms with Crippen molar-refractivity contribution >= 4 is 27.0 Å². The van der Waals surface area contributed by atoms with Crippen molar-refractivity contribution in [1.82, 2.24) is 4.31 Å². The quantitative estimate of drug-likeness (QED) is 0.899. The number of benzene rings is 1. The molecule has 0 aliphatic heterocycles. The number of carbonyl (C=O) groups is 1. The van der Waals surface area contributed by atoms with Crippen LogP contribution in [0, 0.1) is 0 Å². The van der Waals surface area contributed by atoms with Crippen LogP contribution in [0.2, 0.25) is 0 Å². The number of hydrogen-bond acceptors (Lipinski definition) is 4. The van der Waals surface area contributed by atoms with Crippen molar-refractivity contribution < 1.29 is 22.7 Å². The van der Waals surface area contributed by atoms with E-state index in [1.807, 2.05) is 0 Å². The van der Waals surface area contributed by atoms with Crippen LogP contribution in [0.4, 0.5) is 0 Å². The Hall–Kier alpha value is -1.86. The molecule has 7 heteroatoms. The third-order valence-corrected chi connectivity index (χ3v) is 4.65. The molecule has 6 nitrogen and oxygen atoms in total. The van der Waals surface area contributed by atoms with E-state index in [1.165, 1.54) is 19.4 Å². The van der Waals surface area contributed by atoms with Crippen LogP contribution in [0.15, 0.2) is 39.8 Å². The maximum absolute atomic E-state index is 12.3. The van der Waals surface area contributed by atoms with Gasteiger partial charge in [0, 0.05) is 19.0 Å². The molecule has 2 rings (SSSR count). The molecule has 0 amide bonds. The van der Waals surface area contributed by atoms with Crippen molar-refractivity contribution in [2.45, 2.75) is 11.3 Å². The van der Waals surface area contributed by atoms with E-state index >= 15 is 0 Å². The van der Waals surface area contributed by atoms with E-state index < -0.39 is 16.0 Å². The molecular weight excluding hydrogens is 270 g/mol. The first kappa shape index (κ1) is 13.6. The molecule has 0 unspecified atom stereocenters. The second-order valence-corrected chi connectivity index (χ2v) is 6.08. The number of nitrogens with zero attached hydrogens (tertiary/aromatic N) is 1. The monoisotopic (exact) mass is 283 g/mol. The van der Waals surface area contributed by atoms with Crippen LogP contribution >= 0.6 is 0 Å². The number of carboxylic acids is 1. The number of sulfonamides is 1. The van der Waals surface area contributed by atoms with Gasteiger partial charge in [0.15, 0.2) is 5.58 Å². The predicted molar refractivity (Wildman–Crippen MR) is 68.3 cm³/mol. The summed E-state index contributed by atoms with van der Waals surface area (Å²) in [6.45, 7) is -0.0885. The van der Waals surface area contributed by atoms with Gasteiger partial charge in [-0.15, -0.1) is 0 Å². The van der Waals surface area contributed by atoms with Gasteiger partial charge in [0.25, 0.3) is 0 Å². The van der Waals surface area contributed by atoms with E-state index in [-0.39, 0.29) is 23.4 Å². The third-order valence-electron chi connectivity index (χ3n) is 2.77. The van der Waals surface area contributed by atoms with Gasteiger partial charge in [0.2, 0.25) is 10.0 Å². The van der Waals surface area contributed by atoms with E-state index in [4.69, 9.17) is 9.52 Å². The van der Waals surface area contributed by atoms with Gasteiger partial charge in [-0.05, 0) is 12.1 Å². The van der Waals surface area contributed by atoms with Crippen LogP contribution in [-0.2, 0) is 14.8 Å². The molecule has 19 heavy (non-hydrogen) atoms. The van der Waals surface area contributed by atoms with Crippen molar-refractivity contribution in [3.05, 3.63) is 30.5 Å². The van der Waals surface area contributed by atoms with Crippen LogP contribution in [0.3, 0.4) is 0 Å². The highest BCUT2D eigenvalue weighted by molar-refractivity contribution is 7.89. The molecule has 1 N–H and O–H groups in total. The van der Waals surface area contributed by atoms with Gasteiger partial charge in [0.05, 0.1) is 12.7 Å². The molecule has 0 spiro atoms. The van der Waals surface area contributed by atoms with Gasteiger partial charge in [-0.3, -0.25) is 4.79 Å².